The van der Waals surface area contributed by atoms with Crippen molar-refractivity contribution in [3.05, 3.63) is 0 Å². The Hall–Kier alpha value is -0.120. The lowest BCUT2D eigenvalue weighted by atomic mass is 10.6. The van der Waals surface area contributed by atoms with Gasteiger partial charge >= 0.3 is 0 Å². The number of nitrogens with zero attached hydrogens (tertiary/aromatic N) is 1. The molecule has 0 spiro atoms. The Bertz CT molecular complexity index is 73.5. The van der Waals surface area contributed by atoms with Crippen molar-refractivity contribution in [2.45, 2.75) is 26.3 Å². The summed E-state index contributed by atoms with van der Waals surface area (Å²) in [7, 11) is 3.90. The van der Waals surface area contributed by atoms with E-state index in [-0.39, 0.29) is 12.5 Å². The summed E-state index contributed by atoms with van der Waals surface area (Å²) in [6.45, 7) is 3.78. The number of nitrogens with two attached hydrogens (primary N) is 1. The largest absolute Gasteiger partial charge is 0.346 e. The van der Waals surface area contributed by atoms with Crippen molar-refractivity contribution in [2.75, 3.05) is 14.1 Å². The van der Waals surface area contributed by atoms with Gasteiger partial charge in [0.2, 0.25) is 0 Å². The summed E-state index contributed by atoms with van der Waals surface area (Å²) in [4.78, 5) is 1.96. The van der Waals surface area contributed by atoms with Crippen molar-refractivity contribution >= 4 is 0 Å². The van der Waals surface area contributed by atoms with Gasteiger partial charge in [0.15, 0.2) is 0 Å². The Balaban J connectivity index is 3.38. The monoisotopic (exact) mass is 132 g/mol. The molecule has 0 aromatic rings. The van der Waals surface area contributed by atoms with Gasteiger partial charge < -0.3 is 10.5 Å². The van der Waals surface area contributed by atoms with E-state index in [1.807, 2.05) is 32.8 Å². The van der Waals surface area contributed by atoms with Crippen molar-refractivity contribution in [1.29, 1.82) is 0 Å². The number of rotatable bonds is 3. The molecule has 0 fully saturated rings. The maximum atomic E-state index is 5.38. The van der Waals surface area contributed by atoms with Gasteiger partial charge in [-0.25, -0.2) is 0 Å². The predicted octanol–water partition coefficient (Wildman–Crippen LogP) is 0.215. The molecular weight excluding hydrogens is 116 g/mol. The van der Waals surface area contributed by atoms with Crippen molar-refractivity contribution in [3.63, 3.8) is 0 Å². The molecule has 0 saturated heterocycles. The van der Waals surface area contributed by atoms with Crippen LogP contribution >= 0.6 is 0 Å². The SMILES string of the molecule is CC(N)OC(C)N(C)C. The van der Waals surface area contributed by atoms with Gasteiger partial charge in [0.25, 0.3) is 0 Å². The topological polar surface area (TPSA) is 38.5 Å². The molecule has 0 aromatic heterocycles. The zero-order chi connectivity index (χ0) is 7.44. The van der Waals surface area contributed by atoms with Crippen LogP contribution in [0, 0.1) is 0 Å². The average Bonchev–Trinajstić information content (AvgIpc) is 1.63. The second-order valence-electron chi connectivity index (χ2n) is 2.40. The molecular formula is C6H16N2O. The van der Waals surface area contributed by atoms with Gasteiger partial charge in [-0.2, -0.15) is 0 Å². The van der Waals surface area contributed by atoms with Crippen LogP contribution in [0.4, 0.5) is 0 Å². The second-order valence-corrected chi connectivity index (χ2v) is 2.40. The minimum absolute atomic E-state index is 0.102. The maximum absolute atomic E-state index is 5.38. The van der Waals surface area contributed by atoms with Crippen LogP contribution in [0.3, 0.4) is 0 Å². The summed E-state index contributed by atoms with van der Waals surface area (Å²) < 4.78 is 5.22. The van der Waals surface area contributed by atoms with E-state index in [9.17, 15) is 0 Å². The third kappa shape index (κ3) is 4.39. The van der Waals surface area contributed by atoms with E-state index >= 15 is 0 Å². The molecule has 2 atom stereocenters. The number of hydrogen-bond acceptors (Lipinski definition) is 3. The number of ether oxygens (including phenoxy) is 1. The fraction of sp³-hybridized carbons (Fsp3) is 1.00. The standard InChI is InChI=1S/C6H16N2O/c1-5(7)9-6(2)8(3)4/h5-6H,7H2,1-4H3. The molecule has 0 aliphatic heterocycles. The van der Waals surface area contributed by atoms with E-state index in [4.69, 9.17) is 10.5 Å². The van der Waals surface area contributed by atoms with Gasteiger partial charge in [0.1, 0.15) is 12.5 Å². The van der Waals surface area contributed by atoms with E-state index in [2.05, 4.69) is 0 Å². The minimum Gasteiger partial charge on any atom is -0.346 e. The van der Waals surface area contributed by atoms with Crippen molar-refractivity contribution in [3.8, 4) is 0 Å². The summed E-state index contributed by atoms with van der Waals surface area (Å²) in [5, 5.41) is 0. The van der Waals surface area contributed by atoms with Gasteiger partial charge in [0.05, 0.1) is 0 Å². The third-order valence-electron chi connectivity index (χ3n) is 1.14. The molecule has 2 unspecified atom stereocenters. The highest BCUT2D eigenvalue weighted by atomic mass is 16.5. The van der Waals surface area contributed by atoms with Crippen LogP contribution in [-0.4, -0.2) is 31.5 Å². The van der Waals surface area contributed by atoms with Crippen LogP contribution in [0.2, 0.25) is 0 Å². The fourth-order valence-electron chi connectivity index (χ4n) is 0.432. The van der Waals surface area contributed by atoms with E-state index in [0.717, 1.165) is 0 Å². The minimum atomic E-state index is -0.178. The Morgan fingerprint density at radius 3 is 1.89 bits per heavy atom. The lowest BCUT2D eigenvalue weighted by Crippen LogP contribution is -2.34. The highest BCUT2D eigenvalue weighted by molar-refractivity contribution is 4.45. The first-order chi connectivity index (χ1) is 4.04. The van der Waals surface area contributed by atoms with Crippen LogP contribution in [0.25, 0.3) is 0 Å². The van der Waals surface area contributed by atoms with Gasteiger partial charge in [-0.3, -0.25) is 4.90 Å². The van der Waals surface area contributed by atoms with Crippen LogP contribution < -0.4 is 5.73 Å². The third-order valence-corrected chi connectivity index (χ3v) is 1.14. The molecule has 0 aliphatic carbocycles. The first-order valence-electron chi connectivity index (χ1n) is 3.11. The highest BCUT2D eigenvalue weighted by Crippen LogP contribution is 1.94. The second kappa shape index (κ2) is 3.82. The Labute approximate surface area is 56.8 Å². The molecule has 0 saturated carbocycles. The first-order valence-corrected chi connectivity index (χ1v) is 3.11. The molecule has 0 aliphatic rings. The van der Waals surface area contributed by atoms with Gasteiger partial charge in [0, 0.05) is 0 Å². The van der Waals surface area contributed by atoms with Crippen molar-refractivity contribution < 1.29 is 4.74 Å². The van der Waals surface area contributed by atoms with Gasteiger partial charge in [-0.05, 0) is 27.9 Å². The lowest BCUT2D eigenvalue weighted by molar-refractivity contribution is -0.0607. The van der Waals surface area contributed by atoms with Crippen LogP contribution in [-0.2, 0) is 4.74 Å². The molecule has 2 N–H and O–H groups in total. The fourth-order valence-corrected chi connectivity index (χ4v) is 0.432. The molecule has 56 valence electrons. The van der Waals surface area contributed by atoms with E-state index in [0.29, 0.717) is 0 Å². The maximum Gasteiger partial charge on any atom is 0.109 e. The van der Waals surface area contributed by atoms with E-state index in [1.165, 1.54) is 0 Å². The van der Waals surface area contributed by atoms with Gasteiger partial charge in [-0.15, -0.1) is 0 Å². The van der Waals surface area contributed by atoms with Crippen molar-refractivity contribution in [2.24, 2.45) is 5.73 Å². The van der Waals surface area contributed by atoms with Gasteiger partial charge in [-0.1, -0.05) is 0 Å². The van der Waals surface area contributed by atoms with Crippen molar-refractivity contribution in [1.82, 2.24) is 4.90 Å². The summed E-state index contributed by atoms with van der Waals surface area (Å²) in [6, 6.07) is 0. The van der Waals surface area contributed by atoms with Crippen LogP contribution in [0.5, 0.6) is 0 Å². The van der Waals surface area contributed by atoms with E-state index < -0.39 is 0 Å². The molecule has 0 amide bonds. The normalized spacial score (nSPS) is 18.0. The Kier molecular flexibility index (Phi) is 3.77. The Morgan fingerprint density at radius 2 is 1.78 bits per heavy atom. The summed E-state index contributed by atoms with van der Waals surface area (Å²) >= 11 is 0. The summed E-state index contributed by atoms with van der Waals surface area (Å²) in [5.74, 6) is 0. The summed E-state index contributed by atoms with van der Waals surface area (Å²) in [6.07, 6.45) is -0.0765. The quantitative estimate of drug-likeness (QED) is 0.558. The molecule has 0 bridgehead atoms. The molecule has 0 radical (unpaired) electrons. The molecule has 0 rings (SSSR count). The van der Waals surface area contributed by atoms with E-state index in [1.54, 1.807) is 0 Å². The number of hydrogen-bond donors (Lipinski definition) is 1. The first kappa shape index (κ1) is 8.88. The smallest absolute Gasteiger partial charge is 0.109 e. The molecule has 0 aromatic carbocycles. The Morgan fingerprint density at radius 1 is 1.33 bits per heavy atom. The van der Waals surface area contributed by atoms with Crippen LogP contribution in [0.1, 0.15) is 13.8 Å². The summed E-state index contributed by atoms with van der Waals surface area (Å²) in [5.41, 5.74) is 5.38. The van der Waals surface area contributed by atoms with Crippen LogP contribution in [0.15, 0.2) is 0 Å². The zero-order valence-electron chi connectivity index (χ0n) is 6.59. The predicted molar refractivity (Wildman–Crippen MR) is 37.9 cm³/mol. The molecule has 9 heavy (non-hydrogen) atoms. The molecule has 3 heteroatoms. The zero-order valence-corrected chi connectivity index (χ0v) is 6.59. The molecule has 3 nitrogen and oxygen atoms in total. The average molecular weight is 132 g/mol. The highest BCUT2D eigenvalue weighted by Gasteiger charge is 2.05. The lowest BCUT2D eigenvalue weighted by Gasteiger charge is -2.21. The molecule has 0 heterocycles.